The zero-order chi connectivity index (χ0) is 14.8. The molecular weight excluding hydrogens is 294 g/mol. The first-order chi connectivity index (χ1) is 9.45. The van der Waals surface area contributed by atoms with Crippen molar-refractivity contribution in [1.29, 1.82) is 0 Å². The second-order valence-electron chi connectivity index (χ2n) is 3.69. The van der Waals surface area contributed by atoms with Crippen LogP contribution in [0.2, 0.25) is 0 Å². The zero-order valence-electron chi connectivity index (χ0n) is 9.97. The van der Waals surface area contributed by atoms with E-state index in [2.05, 4.69) is 25.3 Å². The summed E-state index contributed by atoms with van der Waals surface area (Å²) >= 11 is 0. The van der Waals surface area contributed by atoms with E-state index in [0.717, 1.165) is 12.1 Å². The number of nitrogens with one attached hydrogen (secondary N) is 2. The molecule has 8 nitrogen and oxygen atoms in total. The van der Waals surface area contributed by atoms with Crippen molar-refractivity contribution in [3.05, 3.63) is 35.2 Å². The second-order valence-corrected chi connectivity index (χ2v) is 5.43. The molecule has 4 N–H and O–H groups in total. The zero-order valence-corrected chi connectivity index (χ0v) is 10.8. The molecule has 11 heteroatoms. The molecular formula is C9H10F2N6O2S. The Kier molecular flexibility index (Phi) is 4.01. The van der Waals surface area contributed by atoms with Crippen molar-refractivity contribution in [2.24, 2.45) is 5.73 Å². The highest BCUT2D eigenvalue weighted by atomic mass is 32.2. The quantitative estimate of drug-likeness (QED) is 0.678. The molecule has 1 heterocycles. The Morgan fingerprint density at radius 2 is 2.10 bits per heavy atom. The van der Waals surface area contributed by atoms with E-state index in [1.165, 1.54) is 0 Å². The molecule has 0 radical (unpaired) electrons. The Labute approximate surface area is 112 Å². The fourth-order valence-corrected chi connectivity index (χ4v) is 2.55. The standard InChI is InChI=1S/C9H10F2N6O2S/c10-6-1-2-7(9(11)5(6)3-12)20(18,19)13-4-8-14-16-17-15-8/h1-2,13H,3-4,12H2,(H,14,15,16,17). The van der Waals surface area contributed by atoms with Crippen LogP contribution in [0.4, 0.5) is 8.78 Å². The van der Waals surface area contributed by atoms with Gasteiger partial charge in [-0.3, -0.25) is 0 Å². The first-order valence-corrected chi connectivity index (χ1v) is 6.83. The SMILES string of the molecule is NCc1c(F)ccc(S(=O)(=O)NCc2nn[nH]n2)c1F. The maximum Gasteiger partial charge on any atom is 0.243 e. The fourth-order valence-electron chi connectivity index (χ4n) is 1.47. The van der Waals surface area contributed by atoms with Crippen LogP contribution in [0.15, 0.2) is 17.0 Å². The lowest BCUT2D eigenvalue weighted by Gasteiger charge is -2.09. The van der Waals surface area contributed by atoms with Crippen LogP contribution in [0, 0.1) is 11.6 Å². The fraction of sp³-hybridized carbons (Fsp3) is 0.222. The van der Waals surface area contributed by atoms with Gasteiger partial charge in [-0.2, -0.15) is 5.21 Å². The third kappa shape index (κ3) is 2.79. The monoisotopic (exact) mass is 304 g/mol. The van der Waals surface area contributed by atoms with E-state index in [-0.39, 0.29) is 12.4 Å². The van der Waals surface area contributed by atoms with Gasteiger partial charge in [0.25, 0.3) is 0 Å². The Morgan fingerprint density at radius 3 is 2.70 bits per heavy atom. The summed E-state index contributed by atoms with van der Waals surface area (Å²) in [5.41, 5.74) is 4.69. The van der Waals surface area contributed by atoms with Crippen LogP contribution < -0.4 is 10.5 Å². The van der Waals surface area contributed by atoms with E-state index in [4.69, 9.17) is 5.73 Å². The van der Waals surface area contributed by atoms with Gasteiger partial charge < -0.3 is 5.73 Å². The smallest absolute Gasteiger partial charge is 0.243 e. The number of tetrazole rings is 1. The van der Waals surface area contributed by atoms with E-state index >= 15 is 0 Å². The normalized spacial score (nSPS) is 11.8. The van der Waals surface area contributed by atoms with Gasteiger partial charge in [0.1, 0.15) is 10.7 Å². The summed E-state index contributed by atoms with van der Waals surface area (Å²) in [6.07, 6.45) is 0. The number of halogens is 2. The topological polar surface area (TPSA) is 127 Å². The van der Waals surface area contributed by atoms with Crippen molar-refractivity contribution in [3.63, 3.8) is 0 Å². The first-order valence-electron chi connectivity index (χ1n) is 5.34. The number of sulfonamides is 1. The maximum absolute atomic E-state index is 13.9. The average Bonchev–Trinajstić information content (AvgIpc) is 2.90. The number of aromatic amines is 1. The molecule has 0 aliphatic heterocycles. The largest absolute Gasteiger partial charge is 0.326 e. The van der Waals surface area contributed by atoms with Gasteiger partial charge in [0.15, 0.2) is 11.6 Å². The molecule has 20 heavy (non-hydrogen) atoms. The molecule has 0 unspecified atom stereocenters. The summed E-state index contributed by atoms with van der Waals surface area (Å²) in [6.45, 7) is -0.737. The summed E-state index contributed by atoms with van der Waals surface area (Å²) < 4.78 is 53.1. The lowest BCUT2D eigenvalue weighted by atomic mass is 10.2. The lowest BCUT2D eigenvalue weighted by molar-refractivity contribution is 0.525. The van der Waals surface area contributed by atoms with E-state index in [1.54, 1.807) is 0 Å². The Balaban J connectivity index is 2.30. The van der Waals surface area contributed by atoms with Crippen LogP contribution in [-0.2, 0) is 23.1 Å². The van der Waals surface area contributed by atoms with Gasteiger partial charge in [0.2, 0.25) is 10.0 Å². The Morgan fingerprint density at radius 1 is 1.35 bits per heavy atom. The number of benzene rings is 1. The van der Waals surface area contributed by atoms with Crippen LogP contribution in [0.25, 0.3) is 0 Å². The summed E-state index contributed by atoms with van der Waals surface area (Å²) in [5, 5.41) is 12.4. The molecule has 0 amide bonds. The minimum atomic E-state index is -4.19. The number of aromatic nitrogens is 4. The summed E-state index contributed by atoms with van der Waals surface area (Å²) in [4.78, 5) is -0.692. The Hall–Kier alpha value is -1.98. The number of hydrogen-bond donors (Lipinski definition) is 3. The minimum absolute atomic E-state index is 0.0788. The van der Waals surface area contributed by atoms with Gasteiger partial charge in [0, 0.05) is 12.1 Å². The minimum Gasteiger partial charge on any atom is -0.326 e. The number of nitrogens with two attached hydrogens (primary N) is 1. The van der Waals surface area contributed by atoms with Gasteiger partial charge in [0.05, 0.1) is 6.54 Å². The van der Waals surface area contributed by atoms with Crippen molar-refractivity contribution < 1.29 is 17.2 Å². The van der Waals surface area contributed by atoms with Crippen molar-refractivity contribution in [3.8, 4) is 0 Å². The van der Waals surface area contributed by atoms with Crippen LogP contribution in [-0.4, -0.2) is 29.0 Å². The number of H-pyrrole nitrogens is 1. The van der Waals surface area contributed by atoms with Gasteiger partial charge in [-0.05, 0) is 12.1 Å². The van der Waals surface area contributed by atoms with Crippen molar-refractivity contribution >= 4 is 10.0 Å². The van der Waals surface area contributed by atoms with E-state index in [9.17, 15) is 17.2 Å². The lowest BCUT2D eigenvalue weighted by Crippen LogP contribution is -2.25. The van der Waals surface area contributed by atoms with Crippen molar-refractivity contribution in [2.75, 3.05) is 0 Å². The number of rotatable bonds is 5. The van der Waals surface area contributed by atoms with Crippen LogP contribution >= 0.6 is 0 Å². The molecule has 2 rings (SSSR count). The third-order valence-corrected chi connectivity index (χ3v) is 3.87. The maximum atomic E-state index is 13.9. The highest BCUT2D eigenvalue weighted by molar-refractivity contribution is 7.89. The van der Waals surface area contributed by atoms with Gasteiger partial charge in [-0.1, -0.05) is 5.21 Å². The highest BCUT2D eigenvalue weighted by Crippen LogP contribution is 2.20. The molecule has 0 aliphatic carbocycles. The molecule has 0 bridgehead atoms. The van der Waals surface area contributed by atoms with Gasteiger partial charge in [-0.15, -0.1) is 10.2 Å². The molecule has 0 saturated carbocycles. The number of nitrogens with zero attached hydrogens (tertiary/aromatic N) is 3. The van der Waals surface area contributed by atoms with E-state index in [0.29, 0.717) is 0 Å². The third-order valence-electron chi connectivity index (χ3n) is 2.45. The molecule has 0 spiro atoms. The van der Waals surface area contributed by atoms with Gasteiger partial charge >= 0.3 is 0 Å². The molecule has 2 aromatic rings. The molecule has 0 saturated heterocycles. The molecule has 1 aromatic carbocycles. The van der Waals surface area contributed by atoms with Crippen molar-refractivity contribution in [1.82, 2.24) is 25.3 Å². The van der Waals surface area contributed by atoms with E-state index < -0.39 is 38.7 Å². The molecule has 1 aromatic heterocycles. The molecule has 108 valence electrons. The number of hydrogen-bond acceptors (Lipinski definition) is 6. The summed E-state index contributed by atoms with van der Waals surface area (Å²) in [5.74, 6) is -2.04. The Bertz CT molecular complexity index is 703. The summed E-state index contributed by atoms with van der Waals surface area (Å²) in [7, 11) is -4.19. The molecule has 0 atom stereocenters. The average molecular weight is 304 g/mol. The van der Waals surface area contributed by atoms with Crippen molar-refractivity contribution in [2.45, 2.75) is 18.0 Å². The predicted molar refractivity (Wildman–Crippen MR) is 62.5 cm³/mol. The van der Waals surface area contributed by atoms with Crippen LogP contribution in [0.5, 0.6) is 0 Å². The van der Waals surface area contributed by atoms with Gasteiger partial charge in [-0.25, -0.2) is 21.9 Å². The first kappa shape index (κ1) is 14.4. The molecule has 0 aliphatic rings. The van der Waals surface area contributed by atoms with Crippen LogP contribution in [0.3, 0.4) is 0 Å². The summed E-state index contributed by atoms with van der Waals surface area (Å²) in [6, 6.07) is 1.66. The van der Waals surface area contributed by atoms with Crippen LogP contribution in [0.1, 0.15) is 11.4 Å². The predicted octanol–water partition coefficient (Wildman–Crippen LogP) is -0.585. The highest BCUT2D eigenvalue weighted by Gasteiger charge is 2.23. The van der Waals surface area contributed by atoms with E-state index in [1.807, 2.05) is 0 Å². The molecule has 0 fully saturated rings. The second kappa shape index (κ2) is 5.56.